The minimum Gasteiger partial charge on any atom is -0.422 e. The van der Waals surface area contributed by atoms with Crippen LogP contribution in [0.25, 0.3) is 0 Å². The van der Waals surface area contributed by atoms with Crippen LogP contribution in [-0.2, 0) is 9.59 Å². The molecule has 2 N–H and O–H groups in total. The second-order valence-electron chi connectivity index (χ2n) is 9.77. The molecule has 2 rings (SSSR count). The Bertz CT molecular complexity index is 1080. The predicted octanol–water partition coefficient (Wildman–Crippen LogP) is 7.41. The van der Waals surface area contributed by atoms with Crippen LogP contribution in [0.2, 0.25) is 0 Å². The summed E-state index contributed by atoms with van der Waals surface area (Å²) in [5.74, 6) is -0.681. The van der Waals surface area contributed by atoms with Gasteiger partial charge >= 0.3 is 11.9 Å². The molecule has 0 heterocycles. The van der Waals surface area contributed by atoms with Gasteiger partial charge in [-0.2, -0.15) is 0 Å². The van der Waals surface area contributed by atoms with Crippen LogP contribution < -0.4 is 15.2 Å². The SMILES string of the molecule is CCCC(=O)Oc1cc(N)ccc1OC(=O)/C=C(C)/C=C/C=C(C)/C=C/C1=C(C)CCCC1(C)C. The highest BCUT2D eigenvalue weighted by molar-refractivity contribution is 5.86. The van der Waals surface area contributed by atoms with Gasteiger partial charge in [0.05, 0.1) is 0 Å². The summed E-state index contributed by atoms with van der Waals surface area (Å²) in [5, 5.41) is 0. The monoisotopic (exact) mass is 477 g/mol. The fourth-order valence-electron chi connectivity index (χ4n) is 4.07. The first-order chi connectivity index (χ1) is 16.5. The number of hydrogen-bond donors (Lipinski definition) is 1. The molecular weight excluding hydrogens is 438 g/mol. The normalized spacial score (nSPS) is 16.7. The standard InChI is InChI=1S/C30H39NO4/c1-7-10-28(32)35-27-20-24(31)15-17-26(27)34-29(33)19-22(3)12-8-11-21(2)14-16-25-23(4)13-9-18-30(25,5)6/h8,11-12,14-17,19-20H,7,9-10,13,18,31H2,1-6H3/b12-8+,16-14+,21-11+,22-19+. The van der Waals surface area contributed by atoms with E-state index in [9.17, 15) is 9.59 Å². The Morgan fingerprint density at radius 2 is 1.83 bits per heavy atom. The number of carbonyl (C=O) groups excluding carboxylic acids is 2. The maximum atomic E-state index is 12.4. The van der Waals surface area contributed by atoms with Crippen LogP contribution in [0.1, 0.15) is 73.6 Å². The van der Waals surface area contributed by atoms with Gasteiger partial charge in [-0.15, -0.1) is 0 Å². The van der Waals surface area contributed by atoms with E-state index in [2.05, 4.69) is 39.8 Å². The van der Waals surface area contributed by atoms with Crippen LogP contribution >= 0.6 is 0 Å². The molecule has 5 nitrogen and oxygen atoms in total. The fourth-order valence-corrected chi connectivity index (χ4v) is 4.07. The molecule has 35 heavy (non-hydrogen) atoms. The molecule has 0 amide bonds. The molecule has 1 aliphatic rings. The van der Waals surface area contributed by atoms with Gasteiger partial charge in [0.2, 0.25) is 0 Å². The van der Waals surface area contributed by atoms with Gasteiger partial charge in [0.15, 0.2) is 11.5 Å². The smallest absolute Gasteiger partial charge is 0.336 e. The van der Waals surface area contributed by atoms with E-state index in [1.54, 1.807) is 6.07 Å². The summed E-state index contributed by atoms with van der Waals surface area (Å²) in [4.78, 5) is 24.3. The highest BCUT2D eigenvalue weighted by Gasteiger charge is 2.26. The Labute approximate surface area is 210 Å². The van der Waals surface area contributed by atoms with Crippen LogP contribution in [0.3, 0.4) is 0 Å². The number of nitrogens with two attached hydrogens (primary N) is 1. The Balaban J connectivity index is 2.03. The second kappa shape index (κ2) is 12.9. The lowest BCUT2D eigenvalue weighted by molar-refractivity contribution is -0.135. The third kappa shape index (κ3) is 9.08. The summed E-state index contributed by atoms with van der Waals surface area (Å²) >= 11 is 0. The van der Waals surface area contributed by atoms with Gasteiger partial charge in [0, 0.05) is 24.3 Å². The van der Waals surface area contributed by atoms with Crippen LogP contribution in [0.5, 0.6) is 11.5 Å². The van der Waals surface area contributed by atoms with E-state index in [-0.39, 0.29) is 23.3 Å². The number of nitrogen functional groups attached to an aromatic ring is 1. The van der Waals surface area contributed by atoms with Crippen molar-refractivity contribution in [3.8, 4) is 11.5 Å². The number of ether oxygens (including phenoxy) is 2. The van der Waals surface area contributed by atoms with Crippen molar-refractivity contribution in [1.82, 2.24) is 0 Å². The maximum absolute atomic E-state index is 12.4. The summed E-state index contributed by atoms with van der Waals surface area (Å²) in [7, 11) is 0. The minimum atomic E-state index is -0.563. The van der Waals surface area contributed by atoms with E-state index in [4.69, 9.17) is 15.2 Å². The Morgan fingerprint density at radius 1 is 1.09 bits per heavy atom. The molecule has 0 aromatic heterocycles. The lowest BCUT2D eigenvalue weighted by Gasteiger charge is -2.32. The number of benzene rings is 1. The molecule has 0 aliphatic heterocycles. The average Bonchev–Trinajstić information content (AvgIpc) is 2.75. The highest BCUT2D eigenvalue weighted by Crippen LogP contribution is 2.40. The van der Waals surface area contributed by atoms with Crippen molar-refractivity contribution < 1.29 is 19.1 Å². The number of esters is 2. The lowest BCUT2D eigenvalue weighted by Crippen LogP contribution is -2.19. The van der Waals surface area contributed by atoms with E-state index < -0.39 is 11.9 Å². The minimum absolute atomic E-state index is 0.134. The molecule has 0 radical (unpaired) electrons. The zero-order valence-electron chi connectivity index (χ0n) is 21.9. The van der Waals surface area contributed by atoms with Crippen molar-refractivity contribution in [2.45, 2.75) is 73.6 Å². The first-order valence-corrected chi connectivity index (χ1v) is 12.3. The van der Waals surface area contributed by atoms with E-state index >= 15 is 0 Å². The molecule has 0 bridgehead atoms. The van der Waals surface area contributed by atoms with E-state index in [1.807, 2.05) is 32.1 Å². The van der Waals surface area contributed by atoms with Crippen LogP contribution in [0, 0.1) is 5.41 Å². The predicted molar refractivity (Wildman–Crippen MR) is 143 cm³/mol. The molecule has 0 unspecified atom stereocenters. The molecule has 5 heteroatoms. The van der Waals surface area contributed by atoms with Gasteiger partial charge in [0.1, 0.15) is 0 Å². The topological polar surface area (TPSA) is 78.6 Å². The van der Waals surface area contributed by atoms with Gasteiger partial charge in [-0.1, -0.05) is 62.3 Å². The molecule has 1 aromatic carbocycles. The second-order valence-corrected chi connectivity index (χ2v) is 9.77. The third-order valence-electron chi connectivity index (χ3n) is 5.98. The molecule has 0 atom stereocenters. The third-order valence-corrected chi connectivity index (χ3v) is 5.98. The number of anilines is 1. The summed E-state index contributed by atoms with van der Waals surface area (Å²) in [6.45, 7) is 12.6. The van der Waals surface area contributed by atoms with E-state index in [0.717, 1.165) is 11.1 Å². The molecule has 1 aliphatic carbocycles. The van der Waals surface area contributed by atoms with Crippen LogP contribution in [0.4, 0.5) is 5.69 Å². The van der Waals surface area contributed by atoms with Gasteiger partial charge in [0.25, 0.3) is 0 Å². The molecule has 0 saturated carbocycles. The molecule has 188 valence electrons. The number of allylic oxidation sites excluding steroid dienone is 9. The Hall–Kier alpha value is -3.34. The fraction of sp³-hybridized carbons (Fsp3) is 0.400. The summed E-state index contributed by atoms with van der Waals surface area (Å²) in [5.41, 5.74) is 11.2. The largest absolute Gasteiger partial charge is 0.422 e. The molecular formula is C30H39NO4. The maximum Gasteiger partial charge on any atom is 0.336 e. The highest BCUT2D eigenvalue weighted by atomic mass is 16.6. The zero-order valence-corrected chi connectivity index (χ0v) is 21.9. The molecule has 0 saturated heterocycles. The molecule has 0 fully saturated rings. The molecule has 0 spiro atoms. The number of rotatable bonds is 9. The van der Waals surface area contributed by atoms with Crippen molar-refractivity contribution in [2.24, 2.45) is 5.41 Å². The van der Waals surface area contributed by atoms with Crippen molar-refractivity contribution >= 4 is 17.6 Å². The van der Waals surface area contributed by atoms with Crippen molar-refractivity contribution in [2.75, 3.05) is 5.73 Å². The van der Waals surface area contributed by atoms with Crippen molar-refractivity contribution in [1.29, 1.82) is 0 Å². The Kier molecular flexibility index (Phi) is 10.3. The van der Waals surface area contributed by atoms with Crippen LogP contribution in [-0.4, -0.2) is 11.9 Å². The quantitative estimate of drug-likeness (QED) is 0.132. The van der Waals surface area contributed by atoms with E-state index in [0.29, 0.717) is 12.1 Å². The van der Waals surface area contributed by atoms with Gasteiger partial charge < -0.3 is 15.2 Å². The first-order valence-electron chi connectivity index (χ1n) is 12.3. The van der Waals surface area contributed by atoms with Gasteiger partial charge in [-0.05, 0) is 75.1 Å². The van der Waals surface area contributed by atoms with E-state index in [1.165, 1.54) is 48.6 Å². The van der Waals surface area contributed by atoms with Crippen molar-refractivity contribution in [3.05, 3.63) is 76.9 Å². The summed E-state index contributed by atoms with van der Waals surface area (Å²) < 4.78 is 10.7. The van der Waals surface area contributed by atoms with Crippen LogP contribution in [0.15, 0.2) is 76.9 Å². The zero-order chi connectivity index (χ0) is 26.0. The van der Waals surface area contributed by atoms with Gasteiger partial charge in [-0.3, -0.25) is 4.79 Å². The lowest BCUT2D eigenvalue weighted by atomic mass is 9.72. The number of carbonyl (C=O) groups is 2. The Morgan fingerprint density at radius 3 is 2.51 bits per heavy atom. The van der Waals surface area contributed by atoms with Crippen molar-refractivity contribution in [3.63, 3.8) is 0 Å². The summed E-state index contributed by atoms with van der Waals surface area (Å²) in [6.07, 6.45) is 16.1. The van der Waals surface area contributed by atoms with Gasteiger partial charge in [-0.25, -0.2) is 4.79 Å². The average molecular weight is 478 g/mol. The summed E-state index contributed by atoms with van der Waals surface area (Å²) in [6, 6.07) is 4.58. The number of hydrogen-bond acceptors (Lipinski definition) is 5. The first kappa shape index (κ1) is 27.9. The molecule has 1 aromatic rings.